The van der Waals surface area contributed by atoms with Crippen LogP contribution in [0.2, 0.25) is 0 Å². The fourth-order valence-corrected chi connectivity index (χ4v) is 3.47. The predicted octanol–water partition coefficient (Wildman–Crippen LogP) is 1.26. The average molecular weight is 331 g/mol. The predicted molar refractivity (Wildman–Crippen MR) is 92.1 cm³/mol. The lowest BCUT2D eigenvalue weighted by Crippen LogP contribution is -2.54. The molecule has 130 valence electrons. The Balaban J connectivity index is 1.75. The molecule has 0 spiro atoms. The van der Waals surface area contributed by atoms with Crippen molar-refractivity contribution < 1.29 is 14.3 Å². The summed E-state index contributed by atoms with van der Waals surface area (Å²) in [5.74, 6) is 0.502. The Morgan fingerprint density at radius 3 is 2.92 bits per heavy atom. The van der Waals surface area contributed by atoms with Crippen molar-refractivity contribution in [1.82, 2.24) is 10.2 Å². The number of nitrogens with one attached hydrogen (secondary N) is 1. The zero-order chi connectivity index (χ0) is 17.1. The van der Waals surface area contributed by atoms with Gasteiger partial charge in [-0.1, -0.05) is 12.1 Å². The van der Waals surface area contributed by atoms with E-state index in [1.807, 2.05) is 43.0 Å². The third kappa shape index (κ3) is 3.24. The van der Waals surface area contributed by atoms with Gasteiger partial charge in [0, 0.05) is 38.6 Å². The molecule has 2 fully saturated rings. The average Bonchev–Trinajstić information content (AvgIpc) is 2.97. The molecule has 24 heavy (non-hydrogen) atoms. The molecule has 2 amide bonds. The van der Waals surface area contributed by atoms with Gasteiger partial charge in [0.1, 0.15) is 5.75 Å². The second-order valence-electron chi connectivity index (χ2n) is 6.39. The van der Waals surface area contributed by atoms with Gasteiger partial charge in [0.15, 0.2) is 0 Å². The molecular formula is C18H25N3O3. The number of anilines is 1. The van der Waals surface area contributed by atoms with E-state index in [1.54, 1.807) is 4.90 Å². The maximum Gasteiger partial charge on any atom is 0.228 e. The normalized spacial score (nSPS) is 24.3. The second kappa shape index (κ2) is 7.21. The van der Waals surface area contributed by atoms with Crippen LogP contribution in [0.5, 0.6) is 5.75 Å². The second-order valence-corrected chi connectivity index (χ2v) is 6.39. The fraction of sp³-hybridized carbons (Fsp3) is 0.556. The van der Waals surface area contributed by atoms with Crippen LogP contribution in [0.3, 0.4) is 0 Å². The third-order valence-corrected chi connectivity index (χ3v) is 4.71. The first-order chi connectivity index (χ1) is 11.6. The Labute approximate surface area is 142 Å². The lowest BCUT2D eigenvalue weighted by molar-refractivity contribution is -0.138. The number of piperazine rings is 1. The molecule has 6 nitrogen and oxygen atoms in total. The van der Waals surface area contributed by atoms with Gasteiger partial charge in [-0.2, -0.15) is 0 Å². The maximum atomic E-state index is 12.8. The van der Waals surface area contributed by atoms with E-state index in [4.69, 9.17) is 4.74 Å². The van der Waals surface area contributed by atoms with Crippen molar-refractivity contribution in [2.24, 2.45) is 5.92 Å². The van der Waals surface area contributed by atoms with Crippen LogP contribution >= 0.6 is 0 Å². The molecule has 2 aliphatic rings. The van der Waals surface area contributed by atoms with Crippen molar-refractivity contribution in [2.75, 3.05) is 37.7 Å². The van der Waals surface area contributed by atoms with Gasteiger partial charge in [0.2, 0.25) is 11.8 Å². The first kappa shape index (κ1) is 16.8. The molecular weight excluding hydrogens is 306 g/mol. The molecule has 0 aromatic heterocycles. The highest BCUT2D eigenvalue weighted by Crippen LogP contribution is 2.33. The summed E-state index contributed by atoms with van der Waals surface area (Å²) in [6.45, 7) is 7.26. The molecule has 0 radical (unpaired) electrons. The number of benzene rings is 1. The standard InChI is InChI=1S/C18H25N3O3/c1-3-24-16-7-5-4-6-15(16)21-12-14(10-17(21)22)18(23)20-9-8-19-11-13(20)2/h4-7,13-14,19H,3,8-12H2,1-2H3/t13-,14?/m1/s1. The first-order valence-corrected chi connectivity index (χ1v) is 8.65. The summed E-state index contributed by atoms with van der Waals surface area (Å²) >= 11 is 0. The van der Waals surface area contributed by atoms with Crippen LogP contribution in [0.25, 0.3) is 0 Å². The molecule has 0 aliphatic carbocycles. The van der Waals surface area contributed by atoms with Gasteiger partial charge in [-0.25, -0.2) is 0 Å². The molecule has 1 N–H and O–H groups in total. The van der Waals surface area contributed by atoms with Crippen LogP contribution in [0.4, 0.5) is 5.69 Å². The van der Waals surface area contributed by atoms with Crippen LogP contribution in [0.1, 0.15) is 20.3 Å². The lowest BCUT2D eigenvalue weighted by Gasteiger charge is -2.35. The largest absolute Gasteiger partial charge is 0.492 e. The van der Waals surface area contributed by atoms with E-state index in [2.05, 4.69) is 5.32 Å². The number of amides is 2. The van der Waals surface area contributed by atoms with Crippen molar-refractivity contribution in [1.29, 1.82) is 0 Å². The number of carbonyl (C=O) groups is 2. The Morgan fingerprint density at radius 2 is 2.17 bits per heavy atom. The minimum atomic E-state index is -0.271. The third-order valence-electron chi connectivity index (χ3n) is 4.71. The van der Waals surface area contributed by atoms with Gasteiger partial charge in [-0.3, -0.25) is 9.59 Å². The van der Waals surface area contributed by atoms with E-state index in [9.17, 15) is 9.59 Å². The van der Waals surface area contributed by atoms with Gasteiger partial charge in [-0.05, 0) is 26.0 Å². The van der Waals surface area contributed by atoms with Crippen LogP contribution in [-0.2, 0) is 9.59 Å². The zero-order valence-electron chi connectivity index (χ0n) is 14.3. The number of rotatable bonds is 4. The Hall–Kier alpha value is -2.08. The Bertz CT molecular complexity index is 619. The van der Waals surface area contributed by atoms with Crippen LogP contribution < -0.4 is 15.0 Å². The number of nitrogens with zero attached hydrogens (tertiary/aromatic N) is 2. The highest BCUT2D eigenvalue weighted by Gasteiger charge is 2.39. The summed E-state index contributed by atoms with van der Waals surface area (Å²) in [4.78, 5) is 28.9. The summed E-state index contributed by atoms with van der Waals surface area (Å²) in [5.41, 5.74) is 0.757. The Morgan fingerprint density at radius 1 is 1.38 bits per heavy atom. The van der Waals surface area contributed by atoms with E-state index in [1.165, 1.54) is 0 Å². The Kier molecular flexibility index (Phi) is 5.04. The van der Waals surface area contributed by atoms with Crippen molar-refractivity contribution in [3.8, 4) is 5.75 Å². The quantitative estimate of drug-likeness (QED) is 0.902. The summed E-state index contributed by atoms with van der Waals surface area (Å²) in [6.07, 6.45) is 0.274. The first-order valence-electron chi connectivity index (χ1n) is 8.65. The van der Waals surface area contributed by atoms with Crippen LogP contribution in [0.15, 0.2) is 24.3 Å². The SMILES string of the molecule is CCOc1ccccc1N1CC(C(=O)N2CCNC[C@H]2C)CC1=O. The zero-order valence-corrected chi connectivity index (χ0v) is 14.3. The number of ether oxygens (including phenoxy) is 1. The van der Waals surface area contributed by atoms with Crippen LogP contribution in [0, 0.1) is 5.92 Å². The molecule has 3 rings (SSSR count). The number of carbonyl (C=O) groups excluding carboxylic acids is 2. The minimum absolute atomic E-state index is 0.0108. The van der Waals surface area contributed by atoms with Gasteiger partial charge >= 0.3 is 0 Å². The van der Waals surface area contributed by atoms with E-state index < -0.39 is 0 Å². The topological polar surface area (TPSA) is 61.9 Å². The number of hydrogen-bond donors (Lipinski definition) is 1. The molecule has 2 atom stereocenters. The molecule has 0 bridgehead atoms. The number of para-hydroxylation sites is 2. The van der Waals surface area contributed by atoms with Crippen molar-refractivity contribution in [2.45, 2.75) is 26.3 Å². The maximum absolute atomic E-state index is 12.8. The fourth-order valence-electron chi connectivity index (χ4n) is 3.47. The molecule has 1 aromatic rings. The van der Waals surface area contributed by atoms with E-state index in [-0.39, 0.29) is 30.2 Å². The van der Waals surface area contributed by atoms with E-state index in [0.29, 0.717) is 25.4 Å². The van der Waals surface area contributed by atoms with E-state index >= 15 is 0 Å². The molecule has 6 heteroatoms. The minimum Gasteiger partial charge on any atom is -0.492 e. The van der Waals surface area contributed by atoms with Gasteiger partial charge in [-0.15, -0.1) is 0 Å². The lowest BCUT2D eigenvalue weighted by atomic mass is 10.1. The molecule has 2 heterocycles. The highest BCUT2D eigenvalue weighted by molar-refractivity contribution is 6.01. The molecule has 2 aliphatic heterocycles. The molecule has 1 unspecified atom stereocenters. The summed E-state index contributed by atoms with van der Waals surface area (Å²) < 4.78 is 5.63. The molecule has 1 aromatic carbocycles. The van der Waals surface area contributed by atoms with Crippen LogP contribution in [-0.4, -0.2) is 55.5 Å². The smallest absolute Gasteiger partial charge is 0.228 e. The monoisotopic (exact) mass is 331 g/mol. The summed E-state index contributed by atoms with van der Waals surface area (Å²) in [7, 11) is 0. The molecule has 2 saturated heterocycles. The van der Waals surface area contributed by atoms with Gasteiger partial charge in [0.05, 0.1) is 18.2 Å². The highest BCUT2D eigenvalue weighted by atomic mass is 16.5. The van der Waals surface area contributed by atoms with Gasteiger partial charge < -0.3 is 19.9 Å². The van der Waals surface area contributed by atoms with Crippen molar-refractivity contribution >= 4 is 17.5 Å². The summed E-state index contributed by atoms with van der Waals surface area (Å²) in [5, 5.41) is 3.29. The van der Waals surface area contributed by atoms with E-state index in [0.717, 1.165) is 18.8 Å². The number of hydrogen-bond acceptors (Lipinski definition) is 4. The van der Waals surface area contributed by atoms with Crippen molar-refractivity contribution in [3.05, 3.63) is 24.3 Å². The molecule has 0 saturated carbocycles. The van der Waals surface area contributed by atoms with Crippen molar-refractivity contribution in [3.63, 3.8) is 0 Å². The van der Waals surface area contributed by atoms with Gasteiger partial charge in [0.25, 0.3) is 0 Å². The summed E-state index contributed by atoms with van der Waals surface area (Å²) in [6, 6.07) is 7.69.